The van der Waals surface area contributed by atoms with E-state index < -0.39 is 38.5 Å². The maximum absolute atomic E-state index is 13.6. The quantitative estimate of drug-likeness (QED) is 0.173. The van der Waals surface area contributed by atoms with Crippen LogP contribution in [0.4, 0.5) is 0 Å². The van der Waals surface area contributed by atoms with Crippen molar-refractivity contribution in [2.45, 2.75) is 22.4 Å². The van der Waals surface area contributed by atoms with Gasteiger partial charge in [-0.25, -0.2) is 22.3 Å². The standard InChI is InChI=1S/C33H33N5O7S2/c39-32(34-22-26-10-4-1-5-11-26)25-45-28-18-16-27(17-19-28)23-35-36-33(40)31-24-37(46(41,42)29-12-6-2-7-13-29)20-21-38(31)47(43,44)30-14-8-3-9-15-30/h1-19,23,31H,20-22,24-25H2,(H,34,39)(H,36,40)/b35-23-/t31-/m0/s1. The number of carbonyl (C=O) groups is 2. The van der Waals surface area contributed by atoms with Crippen molar-refractivity contribution in [2.24, 2.45) is 5.10 Å². The van der Waals surface area contributed by atoms with Gasteiger partial charge in [-0.2, -0.15) is 13.7 Å². The van der Waals surface area contributed by atoms with Gasteiger partial charge in [0.05, 0.1) is 16.0 Å². The monoisotopic (exact) mass is 675 g/mol. The Morgan fingerprint density at radius 3 is 1.96 bits per heavy atom. The molecule has 1 atom stereocenters. The molecule has 0 aromatic heterocycles. The molecule has 4 aromatic rings. The van der Waals surface area contributed by atoms with Crippen LogP contribution in [0.25, 0.3) is 0 Å². The fourth-order valence-corrected chi connectivity index (χ4v) is 7.87. The van der Waals surface area contributed by atoms with Crippen LogP contribution in [0, 0.1) is 0 Å². The first-order chi connectivity index (χ1) is 22.6. The highest BCUT2D eigenvalue weighted by molar-refractivity contribution is 7.89. The molecular weight excluding hydrogens is 643 g/mol. The first kappa shape index (κ1) is 33.5. The lowest BCUT2D eigenvalue weighted by Crippen LogP contribution is -2.60. The molecule has 14 heteroatoms. The third-order valence-corrected chi connectivity index (χ3v) is 11.1. The zero-order valence-corrected chi connectivity index (χ0v) is 26.8. The first-order valence-electron chi connectivity index (χ1n) is 14.6. The predicted octanol–water partition coefficient (Wildman–Crippen LogP) is 2.60. The summed E-state index contributed by atoms with van der Waals surface area (Å²) < 4.78 is 61.5. The van der Waals surface area contributed by atoms with E-state index in [1.165, 1.54) is 30.5 Å². The Balaban J connectivity index is 1.23. The summed E-state index contributed by atoms with van der Waals surface area (Å²) >= 11 is 0. The fraction of sp³-hybridized carbons (Fsp3) is 0.182. The van der Waals surface area contributed by atoms with Crippen LogP contribution in [0.1, 0.15) is 11.1 Å². The van der Waals surface area contributed by atoms with E-state index in [1.807, 2.05) is 30.3 Å². The van der Waals surface area contributed by atoms with Crippen LogP contribution in [-0.4, -0.2) is 75.8 Å². The fourth-order valence-electron chi connectivity index (χ4n) is 4.82. The SMILES string of the molecule is O=C(COc1ccc(/C=N\NC(=O)[C@@H]2CN(S(=O)(=O)c3ccccc3)CCN2S(=O)(=O)c2ccccc2)cc1)NCc1ccccc1. The van der Waals surface area contributed by atoms with E-state index in [-0.39, 0.29) is 35.4 Å². The molecule has 0 radical (unpaired) electrons. The smallest absolute Gasteiger partial charge is 0.259 e. The van der Waals surface area contributed by atoms with E-state index in [0.29, 0.717) is 17.9 Å². The second-order valence-corrected chi connectivity index (χ2v) is 14.3. The van der Waals surface area contributed by atoms with Crippen molar-refractivity contribution in [3.05, 3.63) is 126 Å². The highest BCUT2D eigenvalue weighted by Crippen LogP contribution is 2.25. The van der Waals surface area contributed by atoms with E-state index in [0.717, 1.165) is 14.2 Å². The summed E-state index contributed by atoms with van der Waals surface area (Å²) in [6.07, 6.45) is 1.35. The summed E-state index contributed by atoms with van der Waals surface area (Å²) in [6, 6.07) is 30.1. The summed E-state index contributed by atoms with van der Waals surface area (Å²) in [5.74, 6) is -0.622. The number of carbonyl (C=O) groups excluding carboxylic acids is 2. The van der Waals surface area contributed by atoms with E-state index in [1.54, 1.807) is 60.7 Å². The minimum absolute atomic E-state index is 0.0170. The van der Waals surface area contributed by atoms with Crippen molar-refractivity contribution in [3.63, 3.8) is 0 Å². The molecule has 0 unspecified atom stereocenters. The average molecular weight is 676 g/mol. The zero-order valence-electron chi connectivity index (χ0n) is 25.2. The number of hydrazone groups is 1. The maximum Gasteiger partial charge on any atom is 0.259 e. The van der Waals surface area contributed by atoms with Gasteiger partial charge in [-0.05, 0) is 59.7 Å². The molecule has 0 bridgehead atoms. The number of sulfonamides is 2. The van der Waals surface area contributed by atoms with Crippen LogP contribution >= 0.6 is 0 Å². The van der Waals surface area contributed by atoms with Gasteiger partial charge in [0, 0.05) is 26.2 Å². The molecule has 5 rings (SSSR count). The minimum Gasteiger partial charge on any atom is -0.484 e. The Bertz CT molecular complexity index is 1910. The van der Waals surface area contributed by atoms with E-state index in [9.17, 15) is 26.4 Å². The molecule has 2 N–H and O–H groups in total. The van der Waals surface area contributed by atoms with Crippen molar-refractivity contribution in [3.8, 4) is 5.75 Å². The van der Waals surface area contributed by atoms with Gasteiger partial charge >= 0.3 is 0 Å². The zero-order chi connectivity index (χ0) is 33.3. The molecule has 244 valence electrons. The summed E-state index contributed by atoms with van der Waals surface area (Å²) in [7, 11) is -8.14. The number of hydrogen-bond acceptors (Lipinski definition) is 8. The third-order valence-electron chi connectivity index (χ3n) is 7.30. The van der Waals surface area contributed by atoms with Crippen LogP contribution in [-0.2, 0) is 36.2 Å². The van der Waals surface area contributed by atoms with Crippen molar-refractivity contribution in [1.29, 1.82) is 0 Å². The molecule has 1 heterocycles. The number of ether oxygens (including phenoxy) is 1. The molecule has 0 aliphatic carbocycles. The van der Waals surface area contributed by atoms with Crippen LogP contribution in [0.3, 0.4) is 0 Å². The first-order valence-corrected chi connectivity index (χ1v) is 17.5. The Hall–Kier alpha value is -4.89. The van der Waals surface area contributed by atoms with Gasteiger partial charge in [-0.1, -0.05) is 66.7 Å². The lowest BCUT2D eigenvalue weighted by Gasteiger charge is -2.38. The van der Waals surface area contributed by atoms with Crippen molar-refractivity contribution < 1.29 is 31.2 Å². The summed E-state index contributed by atoms with van der Waals surface area (Å²) in [5.41, 5.74) is 3.92. The topological polar surface area (TPSA) is 155 Å². The number of piperazine rings is 1. The highest BCUT2D eigenvalue weighted by atomic mass is 32.2. The molecule has 1 saturated heterocycles. The molecule has 1 fully saturated rings. The van der Waals surface area contributed by atoms with Crippen molar-refractivity contribution in [2.75, 3.05) is 26.2 Å². The van der Waals surface area contributed by atoms with Gasteiger partial charge in [-0.15, -0.1) is 0 Å². The van der Waals surface area contributed by atoms with Gasteiger partial charge in [0.15, 0.2) is 6.61 Å². The Kier molecular flexibility index (Phi) is 10.8. The molecular formula is C33H33N5O7S2. The van der Waals surface area contributed by atoms with Crippen LogP contribution in [0.2, 0.25) is 0 Å². The molecule has 0 spiro atoms. The summed E-state index contributed by atoms with van der Waals surface area (Å²) in [6.45, 7) is -0.565. The second-order valence-electron chi connectivity index (χ2n) is 10.5. The number of nitrogens with zero attached hydrogens (tertiary/aromatic N) is 3. The van der Waals surface area contributed by atoms with Crippen molar-refractivity contribution in [1.82, 2.24) is 19.4 Å². The molecule has 1 aliphatic heterocycles. The molecule has 4 aromatic carbocycles. The summed E-state index contributed by atoms with van der Waals surface area (Å²) in [4.78, 5) is 25.6. The molecule has 0 saturated carbocycles. The Labute approximate surface area is 273 Å². The van der Waals surface area contributed by atoms with E-state index in [4.69, 9.17) is 4.74 Å². The number of hydrogen-bond donors (Lipinski definition) is 2. The number of nitrogens with one attached hydrogen (secondary N) is 2. The molecule has 47 heavy (non-hydrogen) atoms. The molecule has 2 amide bonds. The largest absolute Gasteiger partial charge is 0.484 e. The highest BCUT2D eigenvalue weighted by Gasteiger charge is 2.43. The summed E-state index contributed by atoms with van der Waals surface area (Å²) in [5, 5.41) is 6.77. The van der Waals surface area contributed by atoms with Gasteiger partial charge in [0.1, 0.15) is 11.8 Å². The van der Waals surface area contributed by atoms with Gasteiger partial charge in [0.25, 0.3) is 11.8 Å². The number of amides is 2. The van der Waals surface area contributed by atoms with E-state index >= 15 is 0 Å². The molecule has 12 nitrogen and oxygen atoms in total. The van der Waals surface area contributed by atoms with Crippen molar-refractivity contribution >= 4 is 38.1 Å². The molecule has 1 aliphatic rings. The number of benzene rings is 4. The van der Waals surface area contributed by atoms with Gasteiger partial charge in [0.2, 0.25) is 20.0 Å². The number of rotatable bonds is 12. The lowest BCUT2D eigenvalue weighted by atomic mass is 10.2. The average Bonchev–Trinajstić information content (AvgIpc) is 3.11. The normalized spacial score (nSPS) is 16.0. The Morgan fingerprint density at radius 2 is 1.34 bits per heavy atom. The van der Waals surface area contributed by atoms with Crippen LogP contribution in [0.5, 0.6) is 5.75 Å². The van der Waals surface area contributed by atoms with E-state index in [2.05, 4.69) is 15.8 Å². The Morgan fingerprint density at radius 1 is 0.766 bits per heavy atom. The minimum atomic E-state index is -4.14. The third kappa shape index (κ3) is 8.48. The second kappa shape index (κ2) is 15.1. The van der Waals surface area contributed by atoms with Crippen LogP contribution < -0.4 is 15.5 Å². The van der Waals surface area contributed by atoms with Gasteiger partial charge < -0.3 is 10.1 Å². The maximum atomic E-state index is 13.6. The van der Waals surface area contributed by atoms with Crippen LogP contribution in [0.15, 0.2) is 130 Å². The van der Waals surface area contributed by atoms with Gasteiger partial charge in [-0.3, -0.25) is 9.59 Å². The lowest BCUT2D eigenvalue weighted by molar-refractivity contribution is -0.126. The predicted molar refractivity (Wildman–Crippen MR) is 175 cm³/mol.